The van der Waals surface area contributed by atoms with Crippen LogP contribution >= 0.6 is 7.26 Å². The maximum atomic E-state index is 2.41. The number of halogens is 1. The molecule has 0 aromatic rings. The third-order valence-electron chi connectivity index (χ3n) is 4.00. The molecule has 0 fully saturated rings. The molecule has 0 atom stereocenters. The first-order valence-corrected chi connectivity index (χ1v) is 9.62. The van der Waals surface area contributed by atoms with Crippen LogP contribution in [0.4, 0.5) is 0 Å². The lowest BCUT2D eigenvalue weighted by atomic mass is 10.1. The second kappa shape index (κ2) is 11.8. The predicted molar refractivity (Wildman–Crippen MR) is 76.8 cm³/mol. The van der Waals surface area contributed by atoms with E-state index in [2.05, 4.69) is 27.7 Å². The Bertz CT molecular complexity index is 124. The molecule has 0 bridgehead atoms. The number of hydrogen-bond donors (Lipinski definition) is 0. The minimum absolute atomic E-state index is 0. The molecule has 0 aliphatic carbocycles. The standard InChI is InChI=1S/C14H32P.FH/c1-5-9-10-11-12-13-14-15(6-2,7-3)8-4;/h5-14H2,1-4H3;1H/q+1;/p-1. The van der Waals surface area contributed by atoms with Gasteiger partial charge in [0, 0.05) is 7.26 Å². The lowest BCUT2D eigenvalue weighted by Crippen LogP contribution is -3.00. The van der Waals surface area contributed by atoms with Gasteiger partial charge in [-0.2, -0.15) is 0 Å². The van der Waals surface area contributed by atoms with Gasteiger partial charge in [-0.25, -0.2) is 0 Å². The van der Waals surface area contributed by atoms with Gasteiger partial charge in [-0.05, 0) is 33.6 Å². The average Bonchev–Trinajstić information content (AvgIpc) is 2.29. The van der Waals surface area contributed by atoms with Crippen molar-refractivity contribution in [2.75, 3.05) is 24.6 Å². The maximum absolute atomic E-state index is 2.41. The van der Waals surface area contributed by atoms with Gasteiger partial charge in [-0.1, -0.05) is 32.6 Å². The molecule has 0 radical (unpaired) electrons. The van der Waals surface area contributed by atoms with Crippen molar-refractivity contribution in [1.29, 1.82) is 0 Å². The molecule has 0 aliphatic rings. The van der Waals surface area contributed by atoms with E-state index >= 15 is 0 Å². The highest BCUT2D eigenvalue weighted by Crippen LogP contribution is 2.58. The van der Waals surface area contributed by atoms with E-state index in [9.17, 15) is 0 Å². The molecule has 0 saturated carbocycles. The summed E-state index contributed by atoms with van der Waals surface area (Å²) in [4.78, 5) is 0. The van der Waals surface area contributed by atoms with Crippen molar-refractivity contribution in [2.45, 2.75) is 66.2 Å². The van der Waals surface area contributed by atoms with Crippen molar-refractivity contribution in [3.05, 3.63) is 0 Å². The highest BCUT2D eigenvalue weighted by Gasteiger charge is 2.29. The minimum atomic E-state index is -0.494. The van der Waals surface area contributed by atoms with E-state index in [1.165, 1.54) is 57.0 Å². The SMILES string of the molecule is CCCCCCCC[P+](CC)(CC)CC.[F-]. The van der Waals surface area contributed by atoms with E-state index in [4.69, 9.17) is 0 Å². The van der Waals surface area contributed by atoms with Crippen molar-refractivity contribution in [3.63, 3.8) is 0 Å². The van der Waals surface area contributed by atoms with Crippen LogP contribution in [0.5, 0.6) is 0 Å². The van der Waals surface area contributed by atoms with Gasteiger partial charge in [0.05, 0.1) is 24.6 Å². The molecule has 0 saturated heterocycles. The van der Waals surface area contributed by atoms with Crippen LogP contribution in [0.3, 0.4) is 0 Å². The third kappa shape index (κ3) is 7.60. The first-order valence-electron chi connectivity index (χ1n) is 7.09. The summed E-state index contributed by atoms with van der Waals surface area (Å²) in [6.07, 6.45) is 14.8. The normalized spacial score (nSPS) is 11.2. The smallest absolute Gasteiger partial charge is 0.0594 e. The molecule has 0 N–H and O–H groups in total. The zero-order chi connectivity index (χ0) is 11.6. The van der Waals surface area contributed by atoms with E-state index in [0.717, 1.165) is 0 Å². The van der Waals surface area contributed by atoms with Crippen molar-refractivity contribution in [3.8, 4) is 0 Å². The van der Waals surface area contributed by atoms with Crippen LogP contribution in [0.1, 0.15) is 66.2 Å². The Morgan fingerprint density at radius 1 is 0.625 bits per heavy atom. The van der Waals surface area contributed by atoms with Gasteiger partial charge < -0.3 is 4.70 Å². The fourth-order valence-electron chi connectivity index (χ4n) is 2.37. The van der Waals surface area contributed by atoms with Crippen molar-refractivity contribution in [2.24, 2.45) is 0 Å². The van der Waals surface area contributed by atoms with Crippen LogP contribution in [0.25, 0.3) is 0 Å². The molecule has 0 heterocycles. The van der Waals surface area contributed by atoms with Crippen molar-refractivity contribution >= 4 is 7.26 Å². The Labute approximate surface area is 103 Å². The summed E-state index contributed by atoms with van der Waals surface area (Å²) in [5.41, 5.74) is 0. The molecular formula is C14H32FP. The molecular weight excluding hydrogens is 218 g/mol. The van der Waals surface area contributed by atoms with Crippen LogP contribution in [-0.4, -0.2) is 24.6 Å². The maximum Gasteiger partial charge on any atom is 0.0594 e. The predicted octanol–water partition coefficient (Wildman–Crippen LogP) is 2.43. The molecule has 2 heteroatoms. The summed E-state index contributed by atoms with van der Waals surface area (Å²) in [6, 6.07) is 0. The molecule has 0 aliphatic heterocycles. The zero-order valence-electron chi connectivity index (χ0n) is 11.9. The summed E-state index contributed by atoms with van der Waals surface area (Å²) >= 11 is 0. The quantitative estimate of drug-likeness (QED) is 0.413. The molecule has 16 heavy (non-hydrogen) atoms. The molecule has 0 amide bonds. The average molecular weight is 250 g/mol. The van der Waals surface area contributed by atoms with Crippen molar-refractivity contribution in [1.82, 2.24) is 0 Å². The lowest BCUT2D eigenvalue weighted by molar-refractivity contribution is -0.00000355. The second-order valence-electron chi connectivity index (χ2n) is 4.78. The highest BCUT2D eigenvalue weighted by molar-refractivity contribution is 7.75. The Kier molecular flexibility index (Phi) is 13.8. The monoisotopic (exact) mass is 250 g/mol. The van der Waals surface area contributed by atoms with Crippen LogP contribution in [0.15, 0.2) is 0 Å². The molecule has 0 aromatic carbocycles. The Morgan fingerprint density at radius 2 is 1.06 bits per heavy atom. The van der Waals surface area contributed by atoms with E-state index in [0.29, 0.717) is 0 Å². The first kappa shape index (κ1) is 18.7. The van der Waals surface area contributed by atoms with E-state index in [1.54, 1.807) is 6.16 Å². The molecule has 0 aromatic heterocycles. The Balaban J connectivity index is 0. The summed E-state index contributed by atoms with van der Waals surface area (Å²) < 4.78 is 0. The van der Waals surface area contributed by atoms with Crippen molar-refractivity contribution < 1.29 is 4.70 Å². The van der Waals surface area contributed by atoms with E-state index < -0.39 is 7.26 Å². The van der Waals surface area contributed by atoms with Gasteiger partial charge in [0.2, 0.25) is 0 Å². The molecule has 0 nitrogen and oxygen atoms in total. The van der Waals surface area contributed by atoms with Gasteiger partial charge in [0.25, 0.3) is 0 Å². The van der Waals surface area contributed by atoms with E-state index in [-0.39, 0.29) is 4.70 Å². The Morgan fingerprint density at radius 3 is 1.50 bits per heavy atom. The summed E-state index contributed by atoms with van der Waals surface area (Å²) in [7, 11) is -0.494. The molecule has 0 unspecified atom stereocenters. The second-order valence-corrected chi connectivity index (χ2v) is 9.81. The molecule has 0 rings (SSSR count). The fourth-order valence-corrected chi connectivity index (χ4v) is 5.56. The largest absolute Gasteiger partial charge is 1.00 e. The van der Waals surface area contributed by atoms with Crippen LogP contribution in [0.2, 0.25) is 0 Å². The van der Waals surface area contributed by atoms with Crippen LogP contribution in [-0.2, 0) is 0 Å². The number of rotatable bonds is 10. The third-order valence-corrected chi connectivity index (χ3v) is 9.29. The highest BCUT2D eigenvalue weighted by atomic mass is 31.2. The molecule has 100 valence electrons. The summed E-state index contributed by atoms with van der Waals surface area (Å²) in [5.74, 6) is 0. The lowest BCUT2D eigenvalue weighted by Gasteiger charge is -2.23. The number of hydrogen-bond acceptors (Lipinski definition) is 0. The van der Waals surface area contributed by atoms with Gasteiger partial charge in [-0.15, -0.1) is 0 Å². The first-order chi connectivity index (χ1) is 7.24. The topological polar surface area (TPSA) is 0 Å². The van der Waals surface area contributed by atoms with E-state index in [1.807, 2.05) is 0 Å². The zero-order valence-corrected chi connectivity index (χ0v) is 12.8. The van der Waals surface area contributed by atoms with Gasteiger partial charge in [0.1, 0.15) is 0 Å². The number of unbranched alkanes of at least 4 members (excludes halogenated alkanes) is 5. The fraction of sp³-hybridized carbons (Fsp3) is 1.00. The van der Waals surface area contributed by atoms with Gasteiger partial charge >= 0.3 is 0 Å². The van der Waals surface area contributed by atoms with Gasteiger partial charge in [-0.3, -0.25) is 0 Å². The summed E-state index contributed by atoms with van der Waals surface area (Å²) in [6.45, 7) is 9.54. The van der Waals surface area contributed by atoms with Crippen LogP contribution in [0, 0.1) is 0 Å². The van der Waals surface area contributed by atoms with Gasteiger partial charge in [0.15, 0.2) is 0 Å². The van der Waals surface area contributed by atoms with Crippen LogP contribution < -0.4 is 4.70 Å². The molecule has 0 spiro atoms. The minimum Gasteiger partial charge on any atom is -1.00 e. The summed E-state index contributed by atoms with van der Waals surface area (Å²) in [5, 5.41) is 0. The Hall–Kier alpha value is 0.360.